The molecule has 7 heteroatoms. The van der Waals surface area contributed by atoms with Crippen LogP contribution in [0.15, 0.2) is 0 Å². The molecule has 0 aromatic heterocycles. The Morgan fingerprint density at radius 1 is 1.32 bits per heavy atom. The Kier molecular flexibility index (Phi) is 6.58. The average Bonchev–Trinajstić information content (AvgIpc) is 2.42. The number of hydrogen-bond acceptors (Lipinski definition) is 4. The fourth-order valence-electron chi connectivity index (χ4n) is 2.01. The molecule has 1 unspecified atom stereocenters. The maximum atomic E-state index is 11.9. The zero-order valence-corrected chi connectivity index (χ0v) is 11.6. The van der Waals surface area contributed by atoms with Gasteiger partial charge < -0.3 is 25.0 Å². The van der Waals surface area contributed by atoms with Crippen LogP contribution in [0, 0.1) is 0 Å². The first-order valence-electron chi connectivity index (χ1n) is 6.56. The van der Waals surface area contributed by atoms with E-state index in [1.165, 1.54) is 7.11 Å². The molecule has 0 bridgehead atoms. The van der Waals surface area contributed by atoms with Crippen LogP contribution in [-0.4, -0.2) is 79.4 Å². The predicted octanol–water partition coefficient (Wildman–Crippen LogP) is -0.177. The molecule has 1 rings (SSSR count). The van der Waals surface area contributed by atoms with E-state index in [9.17, 15) is 9.59 Å². The summed E-state index contributed by atoms with van der Waals surface area (Å²) in [5.41, 5.74) is 0. The third kappa shape index (κ3) is 5.44. The van der Waals surface area contributed by atoms with Crippen LogP contribution in [0.1, 0.15) is 13.3 Å². The Hall–Kier alpha value is -1.34. The zero-order valence-electron chi connectivity index (χ0n) is 11.6. The molecule has 1 atom stereocenters. The molecule has 0 spiro atoms. The smallest absolute Gasteiger partial charge is 0.317 e. The number of carbonyl (C=O) groups is 2. The summed E-state index contributed by atoms with van der Waals surface area (Å²) in [6, 6.07) is -0.150. The van der Waals surface area contributed by atoms with Crippen molar-refractivity contribution < 1.29 is 19.4 Å². The number of ether oxygens (including phenoxy) is 1. The highest BCUT2D eigenvalue weighted by molar-refractivity contribution is 5.74. The van der Waals surface area contributed by atoms with Gasteiger partial charge in [0.25, 0.3) is 0 Å². The van der Waals surface area contributed by atoms with Gasteiger partial charge in [0.15, 0.2) is 0 Å². The molecule has 2 amide bonds. The summed E-state index contributed by atoms with van der Waals surface area (Å²) in [6.07, 6.45) is -0.598. The Balaban J connectivity index is 2.29. The summed E-state index contributed by atoms with van der Waals surface area (Å²) >= 11 is 0. The van der Waals surface area contributed by atoms with Crippen LogP contribution in [0.25, 0.3) is 0 Å². The van der Waals surface area contributed by atoms with Crippen molar-refractivity contribution in [1.29, 1.82) is 0 Å². The molecule has 0 aromatic rings. The van der Waals surface area contributed by atoms with Gasteiger partial charge >= 0.3 is 12.0 Å². The molecule has 1 aliphatic heterocycles. The first-order chi connectivity index (χ1) is 9.06. The van der Waals surface area contributed by atoms with E-state index in [0.29, 0.717) is 13.1 Å². The van der Waals surface area contributed by atoms with Crippen LogP contribution in [0.3, 0.4) is 0 Å². The van der Waals surface area contributed by atoms with Crippen LogP contribution in [-0.2, 0) is 9.53 Å². The lowest BCUT2D eigenvalue weighted by molar-refractivity contribution is -0.139. The van der Waals surface area contributed by atoms with E-state index in [4.69, 9.17) is 9.84 Å². The molecular formula is C12H23N3O4. The van der Waals surface area contributed by atoms with Gasteiger partial charge in [0.1, 0.15) is 0 Å². The number of piperazine rings is 1. The van der Waals surface area contributed by atoms with Gasteiger partial charge in [0.2, 0.25) is 0 Å². The summed E-state index contributed by atoms with van der Waals surface area (Å²) in [6.45, 7) is 6.49. The summed E-state index contributed by atoms with van der Waals surface area (Å²) < 4.78 is 5.01. The maximum absolute atomic E-state index is 11.9. The number of nitrogens with one attached hydrogen (secondary N) is 1. The number of carboxylic acid groups (broad SMARTS) is 1. The van der Waals surface area contributed by atoms with Gasteiger partial charge in [-0.1, -0.05) is 6.92 Å². The molecule has 1 heterocycles. The minimum absolute atomic E-state index is 0.111. The van der Waals surface area contributed by atoms with Crippen molar-refractivity contribution in [2.75, 3.05) is 46.4 Å². The third-order valence-electron chi connectivity index (χ3n) is 3.32. The highest BCUT2D eigenvalue weighted by atomic mass is 16.5. The van der Waals surface area contributed by atoms with E-state index in [2.05, 4.69) is 17.1 Å². The molecule has 1 aliphatic rings. The van der Waals surface area contributed by atoms with Crippen molar-refractivity contribution in [3.05, 3.63) is 0 Å². The number of carbonyl (C=O) groups excluding carboxylic acids is 1. The zero-order chi connectivity index (χ0) is 14.3. The Labute approximate surface area is 113 Å². The lowest BCUT2D eigenvalue weighted by Crippen LogP contribution is -2.52. The van der Waals surface area contributed by atoms with E-state index in [0.717, 1.165) is 19.6 Å². The molecule has 2 N–H and O–H groups in total. The van der Waals surface area contributed by atoms with Gasteiger partial charge in [0.05, 0.1) is 12.5 Å². The van der Waals surface area contributed by atoms with E-state index in [1.807, 2.05) is 0 Å². The second kappa shape index (κ2) is 7.96. The molecular weight excluding hydrogens is 250 g/mol. The predicted molar refractivity (Wildman–Crippen MR) is 70.1 cm³/mol. The van der Waals surface area contributed by atoms with Crippen molar-refractivity contribution in [1.82, 2.24) is 15.1 Å². The lowest BCUT2D eigenvalue weighted by Gasteiger charge is -2.34. The number of methoxy groups -OCH3 is 1. The van der Waals surface area contributed by atoms with Gasteiger partial charge in [-0.15, -0.1) is 0 Å². The number of urea groups is 1. The number of amides is 2. The van der Waals surface area contributed by atoms with E-state index in [-0.39, 0.29) is 19.0 Å². The number of aliphatic carboxylic acids is 1. The fourth-order valence-corrected chi connectivity index (χ4v) is 2.01. The molecule has 0 saturated carbocycles. The SMILES string of the molecule is CCN1CCN(C(=O)NCC(CC(=O)O)OC)CC1. The summed E-state index contributed by atoms with van der Waals surface area (Å²) in [5, 5.41) is 11.4. The molecule has 0 aliphatic carbocycles. The quantitative estimate of drug-likeness (QED) is 0.702. The molecule has 1 fully saturated rings. The monoisotopic (exact) mass is 273 g/mol. The largest absolute Gasteiger partial charge is 0.481 e. The number of rotatable bonds is 6. The second-order valence-corrected chi connectivity index (χ2v) is 4.56. The topological polar surface area (TPSA) is 82.1 Å². The molecule has 19 heavy (non-hydrogen) atoms. The standard InChI is InChI=1S/C12H23N3O4/c1-3-14-4-6-15(7-5-14)12(18)13-9-10(19-2)8-11(16)17/h10H,3-9H2,1-2H3,(H,13,18)(H,16,17). The van der Waals surface area contributed by atoms with Crippen LogP contribution in [0.5, 0.6) is 0 Å². The summed E-state index contributed by atoms with van der Waals surface area (Å²) in [7, 11) is 1.44. The lowest BCUT2D eigenvalue weighted by atomic mass is 10.2. The molecule has 0 radical (unpaired) electrons. The first kappa shape index (κ1) is 15.7. The van der Waals surface area contributed by atoms with Crippen molar-refractivity contribution in [2.45, 2.75) is 19.4 Å². The Morgan fingerprint density at radius 3 is 2.42 bits per heavy atom. The van der Waals surface area contributed by atoms with Crippen molar-refractivity contribution in [3.8, 4) is 0 Å². The van der Waals surface area contributed by atoms with Crippen molar-refractivity contribution in [2.24, 2.45) is 0 Å². The van der Waals surface area contributed by atoms with Crippen molar-refractivity contribution >= 4 is 12.0 Å². The number of nitrogens with zero attached hydrogens (tertiary/aromatic N) is 2. The molecule has 7 nitrogen and oxygen atoms in total. The minimum Gasteiger partial charge on any atom is -0.481 e. The second-order valence-electron chi connectivity index (χ2n) is 4.56. The highest BCUT2D eigenvalue weighted by Gasteiger charge is 2.21. The van der Waals surface area contributed by atoms with Gasteiger partial charge in [-0.3, -0.25) is 4.79 Å². The molecule has 0 aromatic carbocycles. The Morgan fingerprint density at radius 2 is 1.95 bits per heavy atom. The summed E-state index contributed by atoms with van der Waals surface area (Å²) in [4.78, 5) is 26.5. The summed E-state index contributed by atoms with van der Waals surface area (Å²) in [5.74, 6) is -0.933. The third-order valence-corrected chi connectivity index (χ3v) is 3.32. The number of likely N-dealkylation sites (N-methyl/N-ethyl adjacent to an activating group) is 1. The normalized spacial score (nSPS) is 18.1. The maximum Gasteiger partial charge on any atom is 0.317 e. The minimum atomic E-state index is -0.933. The van der Waals surface area contributed by atoms with E-state index < -0.39 is 12.1 Å². The van der Waals surface area contributed by atoms with Crippen LogP contribution in [0.4, 0.5) is 4.79 Å². The first-order valence-corrected chi connectivity index (χ1v) is 6.56. The van der Waals surface area contributed by atoms with E-state index >= 15 is 0 Å². The van der Waals surface area contributed by atoms with Gasteiger partial charge in [-0.2, -0.15) is 0 Å². The van der Waals surface area contributed by atoms with Gasteiger partial charge in [0, 0.05) is 39.8 Å². The highest BCUT2D eigenvalue weighted by Crippen LogP contribution is 2.02. The van der Waals surface area contributed by atoms with E-state index in [1.54, 1.807) is 4.90 Å². The number of hydrogen-bond donors (Lipinski definition) is 2. The number of carboxylic acids is 1. The van der Waals surface area contributed by atoms with Gasteiger partial charge in [-0.05, 0) is 6.54 Å². The average molecular weight is 273 g/mol. The Bertz CT molecular complexity index is 303. The van der Waals surface area contributed by atoms with Crippen LogP contribution >= 0.6 is 0 Å². The molecule has 1 saturated heterocycles. The fraction of sp³-hybridized carbons (Fsp3) is 0.833. The van der Waals surface area contributed by atoms with Gasteiger partial charge in [-0.25, -0.2) is 4.79 Å². The van der Waals surface area contributed by atoms with Crippen LogP contribution in [0.2, 0.25) is 0 Å². The molecule has 110 valence electrons. The van der Waals surface area contributed by atoms with Crippen molar-refractivity contribution in [3.63, 3.8) is 0 Å². The van der Waals surface area contributed by atoms with Crippen LogP contribution < -0.4 is 5.32 Å².